The number of nitrogens with zero attached hydrogens (tertiary/aromatic N) is 2. The predicted molar refractivity (Wildman–Crippen MR) is 61.1 cm³/mol. The van der Waals surface area contributed by atoms with Crippen molar-refractivity contribution >= 4 is 17.7 Å². The standard InChI is InChI=1S/C10H15N3O2S/c11-9(14)7-16-10-12-3-4-13(10)6-8-2-1-5-15-8/h3-4,8H,1-2,5-7H2,(H2,11,14). The molecule has 88 valence electrons. The van der Waals surface area contributed by atoms with Crippen LogP contribution in [0.15, 0.2) is 17.6 Å². The van der Waals surface area contributed by atoms with Crippen LogP contribution in [0.5, 0.6) is 0 Å². The highest BCUT2D eigenvalue weighted by atomic mass is 32.2. The zero-order valence-electron chi connectivity index (χ0n) is 8.96. The molecule has 2 N–H and O–H groups in total. The normalized spacial score (nSPS) is 20.1. The van der Waals surface area contributed by atoms with Gasteiger partial charge in [-0.2, -0.15) is 0 Å². The van der Waals surface area contributed by atoms with Crippen molar-refractivity contribution in [2.75, 3.05) is 12.4 Å². The molecule has 1 fully saturated rings. The Labute approximate surface area is 98.4 Å². The van der Waals surface area contributed by atoms with Crippen molar-refractivity contribution in [3.8, 4) is 0 Å². The van der Waals surface area contributed by atoms with E-state index >= 15 is 0 Å². The number of hydrogen-bond acceptors (Lipinski definition) is 4. The van der Waals surface area contributed by atoms with Crippen molar-refractivity contribution < 1.29 is 9.53 Å². The van der Waals surface area contributed by atoms with E-state index in [9.17, 15) is 4.79 Å². The Bertz CT molecular complexity index is 361. The van der Waals surface area contributed by atoms with Gasteiger partial charge in [-0.05, 0) is 12.8 Å². The van der Waals surface area contributed by atoms with Crippen molar-refractivity contribution in [2.45, 2.75) is 30.6 Å². The van der Waals surface area contributed by atoms with Crippen LogP contribution in [0.25, 0.3) is 0 Å². The first kappa shape index (κ1) is 11.5. The van der Waals surface area contributed by atoms with Crippen LogP contribution in [0.3, 0.4) is 0 Å². The van der Waals surface area contributed by atoms with Gasteiger partial charge in [0, 0.05) is 19.0 Å². The Kier molecular flexibility index (Phi) is 3.84. The fourth-order valence-corrected chi connectivity index (χ4v) is 2.43. The Morgan fingerprint density at radius 2 is 2.62 bits per heavy atom. The first-order chi connectivity index (χ1) is 7.75. The van der Waals surface area contributed by atoms with Gasteiger partial charge < -0.3 is 15.0 Å². The van der Waals surface area contributed by atoms with Gasteiger partial charge in [0.25, 0.3) is 0 Å². The molecule has 0 spiro atoms. The molecular weight excluding hydrogens is 226 g/mol. The molecule has 2 rings (SSSR count). The summed E-state index contributed by atoms with van der Waals surface area (Å²) in [5, 5.41) is 0.828. The Morgan fingerprint density at radius 3 is 3.31 bits per heavy atom. The number of rotatable bonds is 5. The predicted octanol–water partition coefficient (Wildman–Crippen LogP) is 0.639. The van der Waals surface area contributed by atoms with Crippen LogP contribution in [0.2, 0.25) is 0 Å². The van der Waals surface area contributed by atoms with E-state index in [2.05, 4.69) is 4.98 Å². The van der Waals surface area contributed by atoms with E-state index < -0.39 is 0 Å². The van der Waals surface area contributed by atoms with Gasteiger partial charge in [0.05, 0.1) is 18.4 Å². The van der Waals surface area contributed by atoms with E-state index in [1.165, 1.54) is 11.8 Å². The monoisotopic (exact) mass is 241 g/mol. The summed E-state index contributed by atoms with van der Waals surface area (Å²) in [6, 6.07) is 0. The number of carbonyl (C=O) groups is 1. The summed E-state index contributed by atoms with van der Waals surface area (Å²) < 4.78 is 7.57. The summed E-state index contributed by atoms with van der Waals surface area (Å²) in [5.41, 5.74) is 5.10. The third kappa shape index (κ3) is 2.99. The van der Waals surface area contributed by atoms with Crippen LogP contribution in [-0.2, 0) is 16.1 Å². The number of aromatic nitrogens is 2. The maximum atomic E-state index is 10.7. The average Bonchev–Trinajstić information content (AvgIpc) is 2.87. The van der Waals surface area contributed by atoms with Gasteiger partial charge in [-0.1, -0.05) is 11.8 Å². The summed E-state index contributed by atoms with van der Waals surface area (Å²) >= 11 is 1.37. The number of thioether (sulfide) groups is 1. The number of nitrogens with two attached hydrogens (primary N) is 1. The minimum absolute atomic E-state index is 0.266. The molecule has 0 bridgehead atoms. The Hall–Kier alpha value is -1.01. The van der Waals surface area contributed by atoms with Crippen LogP contribution in [0, 0.1) is 0 Å². The van der Waals surface area contributed by atoms with Crippen molar-refractivity contribution in [1.29, 1.82) is 0 Å². The van der Waals surface area contributed by atoms with Crippen molar-refractivity contribution in [1.82, 2.24) is 9.55 Å². The highest BCUT2D eigenvalue weighted by Crippen LogP contribution is 2.19. The Balaban J connectivity index is 1.92. The molecule has 5 nitrogen and oxygen atoms in total. The largest absolute Gasteiger partial charge is 0.376 e. The molecule has 1 aromatic heterocycles. The molecule has 6 heteroatoms. The lowest BCUT2D eigenvalue weighted by Crippen LogP contribution is -2.17. The number of carbonyl (C=O) groups excluding carboxylic acids is 1. The number of imidazole rings is 1. The molecule has 1 unspecified atom stereocenters. The topological polar surface area (TPSA) is 70.1 Å². The average molecular weight is 241 g/mol. The van der Waals surface area contributed by atoms with E-state index in [4.69, 9.17) is 10.5 Å². The molecule has 1 saturated heterocycles. The second-order valence-electron chi connectivity index (χ2n) is 3.75. The fourth-order valence-electron chi connectivity index (χ4n) is 1.72. The summed E-state index contributed by atoms with van der Waals surface area (Å²) in [7, 11) is 0. The zero-order chi connectivity index (χ0) is 11.4. The molecule has 1 atom stereocenters. The van der Waals surface area contributed by atoms with Gasteiger partial charge in [-0.3, -0.25) is 4.79 Å². The highest BCUT2D eigenvalue weighted by Gasteiger charge is 2.17. The molecule has 1 amide bonds. The van der Waals surface area contributed by atoms with Gasteiger partial charge in [0.1, 0.15) is 0 Å². The van der Waals surface area contributed by atoms with E-state index in [1.54, 1.807) is 6.20 Å². The van der Waals surface area contributed by atoms with Crippen LogP contribution in [0.4, 0.5) is 0 Å². The lowest BCUT2D eigenvalue weighted by Gasteiger charge is -2.12. The van der Waals surface area contributed by atoms with Gasteiger partial charge in [0.15, 0.2) is 5.16 Å². The van der Waals surface area contributed by atoms with E-state index in [0.717, 1.165) is 31.1 Å². The van der Waals surface area contributed by atoms with Crippen molar-refractivity contribution in [3.05, 3.63) is 12.4 Å². The first-order valence-electron chi connectivity index (χ1n) is 5.29. The molecule has 0 radical (unpaired) electrons. The van der Waals surface area contributed by atoms with Crippen LogP contribution in [-0.4, -0.2) is 33.9 Å². The quantitative estimate of drug-likeness (QED) is 0.768. The number of ether oxygens (including phenoxy) is 1. The highest BCUT2D eigenvalue weighted by molar-refractivity contribution is 7.99. The maximum absolute atomic E-state index is 10.7. The molecule has 0 aliphatic carbocycles. The SMILES string of the molecule is NC(=O)CSc1nccn1CC1CCCO1. The first-order valence-corrected chi connectivity index (χ1v) is 6.28. The van der Waals surface area contributed by atoms with Gasteiger partial charge in [0.2, 0.25) is 5.91 Å². The maximum Gasteiger partial charge on any atom is 0.227 e. The summed E-state index contributed by atoms with van der Waals surface area (Å²) in [4.78, 5) is 14.9. The lowest BCUT2D eigenvalue weighted by atomic mass is 10.2. The second kappa shape index (κ2) is 5.36. The Morgan fingerprint density at radius 1 is 1.75 bits per heavy atom. The minimum atomic E-state index is -0.323. The van der Waals surface area contributed by atoms with Gasteiger partial charge >= 0.3 is 0 Å². The summed E-state index contributed by atoms with van der Waals surface area (Å²) in [6.45, 7) is 1.66. The van der Waals surface area contributed by atoms with Crippen LogP contribution >= 0.6 is 11.8 Å². The van der Waals surface area contributed by atoms with E-state index in [0.29, 0.717) is 0 Å². The minimum Gasteiger partial charge on any atom is -0.376 e. The second-order valence-corrected chi connectivity index (χ2v) is 4.69. The molecule has 0 aromatic carbocycles. The van der Waals surface area contributed by atoms with Crippen molar-refractivity contribution in [2.24, 2.45) is 5.73 Å². The molecule has 1 aliphatic heterocycles. The number of primary amides is 1. The van der Waals surface area contributed by atoms with Crippen LogP contribution in [0.1, 0.15) is 12.8 Å². The van der Waals surface area contributed by atoms with Crippen LogP contribution < -0.4 is 5.73 Å². The van der Waals surface area contributed by atoms with E-state index in [1.807, 2.05) is 10.8 Å². The zero-order valence-corrected chi connectivity index (χ0v) is 9.78. The van der Waals surface area contributed by atoms with Gasteiger partial charge in [-0.15, -0.1) is 0 Å². The van der Waals surface area contributed by atoms with E-state index in [-0.39, 0.29) is 17.8 Å². The molecular formula is C10H15N3O2S. The lowest BCUT2D eigenvalue weighted by molar-refractivity contribution is -0.115. The smallest absolute Gasteiger partial charge is 0.227 e. The molecule has 1 aliphatic rings. The molecule has 2 heterocycles. The molecule has 16 heavy (non-hydrogen) atoms. The number of amides is 1. The third-order valence-electron chi connectivity index (χ3n) is 2.45. The molecule has 1 aromatic rings. The molecule has 0 saturated carbocycles. The third-order valence-corrected chi connectivity index (χ3v) is 3.47. The van der Waals surface area contributed by atoms with Crippen molar-refractivity contribution in [3.63, 3.8) is 0 Å². The fraction of sp³-hybridized carbons (Fsp3) is 0.600. The summed E-state index contributed by atoms with van der Waals surface area (Å²) in [6.07, 6.45) is 6.15. The summed E-state index contributed by atoms with van der Waals surface area (Å²) in [5.74, 6) is -0.0561. The number of hydrogen-bond donors (Lipinski definition) is 1. The van der Waals surface area contributed by atoms with Gasteiger partial charge in [-0.25, -0.2) is 4.98 Å².